The molecule has 0 aliphatic rings. The van der Waals surface area contributed by atoms with Crippen LogP contribution in [0, 0.1) is 0 Å². The highest BCUT2D eigenvalue weighted by atomic mass is 31.1. The van der Waals surface area contributed by atoms with Gasteiger partial charge in [-0.15, -0.1) is 15.6 Å². The summed E-state index contributed by atoms with van der Waals surface area (Å²) in [5, 5.41) is 0. The molecule has 0 saturated heterocycles. The van der Waals surface area contributed by atoms with Crippen LogP contribution < -0.4 is 0 Å². The lowest BCUT2D eigenvalue weighted by Gasteiger charge is -1.90. The third kappa shape index (κ3) is 5.89. The fourth-order valence-electron chi connectivity index (χ4n) is 0.316. The molecule has 0 aliphatic carbocycles. The summed E-state index contributed by atoms with van der Waals surface area (Å²) in [6.07, 6.45) is 1.46. The molecule has 4 heteroatoms. The van der Waals surface area contributed by atoms with Crippen LogP contribution in [0.4, 0.5) is 0 Å². The average Bonchev–Trinajstić information content (AvgIpc) is 1.82. The lowest BCUT2D eigenvalue weighted by Crippen LogP contribution is -1.95. The van der Waals surface area contributed by atoms with Gasteiger partial charge in [0.2, 0.25) is 0 Å². The molecule has 0 saturated carbocycles. The molecule has 0 aliphatic heterocycles. The minimum absolute atomic E-state index is 0.0616. The van der Waals surface area contributed by atoms with E-state index in [9.17, 15) is 4.57 Å². The van der Waals surface area contributed by atoms with Crippen molar-refractivity contribution < 1.29 is 13.6 Å². The van der Waals surface area contributed by atoms with Crippen LogP contribution in [0.2, 0.25) is 0 Å². The van der Waals surface area contributed by atoms with Crippen molar-refractivity contribution in [2.45, 2.75) is 20.0 Å². The fraction of sp³-hybridized carbons (Fsp3) is 0.667. The highest BCUT2D eigenvalue weighted by molar-refractivity contribution is 7.33. The van der Waals surface area contributed by atoms with Crippen molar-refractivity contribution in [1.82, 2.24) is 0 Å². The van der Waals surface area contributed by atoms with Crippen molar-refractivity contribution in [3.05, 3.63) is 12.7 Å². The summed E-state index contributed by atoms with van der Waals surface area (Å²) in [4.78, 5) is 0. The van der Waals surface area contributed by atoms with E-state index in [1.807, 2.05) is 0 Å². The molecule has 0 aromatic heterocycles. The van der Waals surface area contributed by atoms with Gasteiger partial charge in [0.25, 0.3) is 0 Å². The summed E-state index contributed by atoms with van der Waals surface area (Å²) in [5.74, 6) is 0. The maximum Gasteiger partial charge on any atom is 0.697 e. The summed E-state index contributed by atoms with van der Waals surface area (Å²) < 4.78 is 20.1. The average molecular weight is 163 g/mol. The van der Waals surface area contributed by atoms with E-state index in [2.05, 4.69) is 11.1 Å². The van der Waals surface area contributed by atoms with Crippen LogP contribution in [0.15, 0.2) is 12.7 Å². The number of rotatable bonds is 5. The maximum absolute atomic E-state index is 10.7. The summed E-state index contributed by atoms with van der Waals surface area (Å²) in [6, 6.07) is 0. The second-order valence-electron chi connectivity index (χ2n) is 1.96. The molecule has 0 rings (SSSR count). The van der Waals surface area contributed by atoms with Crippen molar-refractivity contribution >= 4 is 8.25 Å². The summed E-state index contributed by atoms with van der Waals surface area (Å²) >= 11 is 0. The minimum atomic E-state index is -1.95. The van der Waals surface area contributed by atoms with Crippen LogP contribution in [0.3, 0.4) is 0 Å². The molecule has 3 nitrogen and oxygen atoms in total. The third-order valence-corrected chi connectivity index (χ3v) is 1.55. The van der Waals surface area contributed by atoms with Crippen LogP contribution in [0.1, 0.15) is 13.8 Å². The van der Waals surface area contributed by atoms with Crippen molar-refractivity contribution in [3.63, 3.8) is 0 Å². The van der Waals surface area contributed by atoms with Crippen molar-refractivity contribution in [2.75, 3.05) is 6.61 Å². The Morgan fingerprint density at radius 2 is 2.30 bits per heavy atom. The van der Waals surface area contributed by atoms with E-state index in [1.165, 1.54) is 6.08 Å². The topological polar surface area (TPSA) is 35.5 Å². The predicted octanol–water partition coefficient (Wildman–Crippen LogP) is 2.27. The zero-order valence-corrected chi connectivity index (χ0v) is 7.14. The largest absolute Gasteiger partial charge is 0.697 e. The van der Waals surface area contributed by atoms with E-state index < -0.39 is 8.25 Å². The molecular formula is C6H12O3P+. The van der Waals surface area contributed by atoms with E-state index >= 15 is 0 Å². The molecule has 0 heterocycles. The first-order chi connectivity index (χ1) is 4.66. The Morgan fingerprint density at radius 3 is 2.70 bits per heavy atom. The molecule has 0 fully saturated rings. The molecule has 1 atom stereocenters. The smallest absolute Gasteiger partial charge is 0.116 e. The van der Waals surface area contributed by atoms with Crippen LogP contribution in [-0.4, -0.2) is 12.7 Å². The first-order valence-corrected chi connectivity index (χ1v) is 4.14. The molecule has 0 N–H and O–H groups in total. The second-order valence-corrected chi connectivity index (χ2v) is 2.88. The van der Waals surface area contributed by atoms with Gasteiger partial charge in [0.05, 0.1) is 0 Å². The van der Waals surface area contributed by atoms with Crippen LogP contribution >= 0.6 is 8.25 Å². The van der Waals surface area contributed by atoms with Gasteiger partial charge in [-0.25, -0.2) is 0 Å². The van der Waals surface area contributed by atoms with Crippen LogP contribution in [0.25, 0.3) is 0 Å². The van der Waals surface area contributed by atoms with E-state index in [4.69, 9.17) is 4.52 Å². The van der Waals surface area contributed by atoms with E-state index in [1.54, 1.807) is 13.8 Å². The molecule has 0 amide bonds. The Balaban J connectivity index is 3.34. The van der Waals surface area contributed by atoms with Crippen LogP contribution in [-0.2, 0) is 13.6 Å². The van der Waals surface area contributed by atoms with Gasteiger partial charge < -0.3 is 0 Å². The van der Waals surface area contributed by atoms with Gasteiger partial charge in [0.15, 0.2) is 0 Å². The Kier molecular flexibility index (Phi) is 5.40. The molecule has 0 spiro atoms. The lowest BCUT2D eigenvalue weighted by molar-refractivity contribution is 0.197. The second kappa shape index (κ2) is 5.54. The molecule has 10 heavy (non-hydrogen) atoms. The van der Waals surface area contributed by atoms with E-state index in [0.717, 1.165) is 0 Å². The first-order valence-electron chi connectivity index (χ1n) is 3.04. The molecule has 0 radical (unpaired) electrons. The standard InChI is InChI=1S/C6H12O3P/c1-4-5-8-10(7)9-6(2)3/h4,6H,1,5H2,2-3H3/q+1. The number of hydrogen-bond acceptors (Lipinski definition) is 3. The van der Waals surface area contributed by atoms with Crippen molar-refractivity contribution in [1.29, 1.82) is 0 Å². The zero-order valence-electron chi connectivity index (χ0n) is 6.24. The van der Waals surface area contributed by atoms with Gasteiger partial charge in [0, 0.05) is 4.57 Å². The van der Waals surface area contributed by atoms with Crippen molar-refractivity contribution in [3.8, 4) is 0 Å². The number of hydrogen-bond donors (Lipinski definition) is 0. The fourth-order valence-corrected chi connectivity index (χ4v) is 0.948. The SMILES string of the molecule is C=CCO[P+](=O)OC(C)C. The van der Waals surface area contributed by atoms with Gasteiger partial charge in [-0.2, -0.15) is 0 Å². The van der Waals surface area contributed by atoms with Crippen molar-refractivity contribution in [2.24, 2.45) is 0 Å². The Morgan fingerprint density at radius 1 is 1.70 bits per heavy atom. The van der Waals surface area contributed by atoms with Gasteiger partial charge in [-0.3, -0.25) is 0 Å². The van der Waals surface area contributed by atoms with E-state index in [0.29, 0.717) is 0 Å². The normalized spacial score (nSPS) is 11.7. The summed E-state index contributed by atoms with van der Waals surface area (Å²) in [7, 11) is -1.95. The van der Waals surface area contributed by atoms with Gasteiger partial charge in [-0.1, -0.05) is 6.08 Å². The highest BCUT2D eigenvalue weighted by Gasteiger charge is 2.20. The van der Waals surface area contributed by atoms with Gasteiger partial charge in [-0.05, 0) is 13.8 Å². The maximum atomic E-state index is 10.7. The quantitative estimate of drug-likeness (QED) is 0.460. The Labute approximate surface area is 62.0 Å². The Bertz CT molecular complexity index is 122. The molecule has 0 aromatic carbocycles. The summed E-state index contributed by atoms with van der Waals surface area (Å²) in [5.41, 5.74) is 0. The molecule has 0 bridgehead atoms. The first kappa shape index (κ1) is 9.76. The molecule has 0 aromatic rings. The molecular weight excluding hydrogens is 151 g/mol. The molecule has 58 valence electrons. The highest BCUT2D eigenvalue weighted by Crippen LogP contribution is 2.25. The zero-order chi connectivity index (χ0) is 7.98. The summed E-state index contributed by atoms with van der Waals surface area (Å²) in [6.45, 7) is 7.26. The lowest BCUT2D eigenvalue weighted by atomic mass is 10.5. The van der Waals surface area contributed by atoms with Gasteiger partial charge in [0.1, 0.15) is 12.7 Å². The van der Waals surface area contributed by atoms with E-state index in [-0.39, 0.29) is 12.7 Å². The monoisotopic (exact) mass is 163 g/mol. The third-order valence-electron chi connectivity index (χ3n) is 0.595. The van der Waals surface area contributed by atoms with Gasteiger partial charge >= 0.3 is 8.25 Å². The Hall–Kier alpha value is -0.240. The minimum Gasteiger partial charge on any atom is -0.116 e. The van der Waals surface area contributed by atoms with Crippen LogP contribution in [0.5, 0.6) is 0 Å². The molecule has 1 unspecified atom stereocenters. The predicted molar refractivity (Wildman–Crippen MR) is 40.0 cm³/mol.